The smallest absolute Gasteiger partial charge is 0.342 e. The molecule has 1 heterocycles. The van der Waals surface area contributed by atoms with Crippen molar-refractivity contribution >= 4 is 11.9 Å². The van der Waals surface area contributed by atoms with Crippen molar-refractivity contribution in [3.63, 3.8) is 0 Å². The lowest BCUT2D eigenvalue weighted by molar-refractivity contribution is -0.124. The van der Waals surface area contributed by atoms with Gasteiger partial charge in [-0.25, -0.2) is 4.79 Å². The van der Waals surface area contributed by atoms with Crippen molar-refractivity contribution in [3.05, 3.63) is 41.7 Å². The van der Waals surface area contributed by atoms with Crippen molar-refractivity contribution in [2.45, 2.75) is 13.8 Å². The van der Waals surface area contributed by atoms with E-state index < -0.39 is 11.9 Å². The van der Waals surface area contributed by atoms with Crippen LogP contribution >= 0.6 is 0 Å². The zero-order valence-corrected chi connectivity index (χ0v) is 15.2. The van der Waals surface area contributed by atoms with Crippen LogP contribution in [0.15, 0.2) is 30.5 Å². The zero-order chi connectivity index (χ0) is 18.9. The van der Waals surface area contributed by atoms with Gasteiger partial charge >= 0.3 is 5.97 Å². The average Bonchev–Trinajstić information content (AvgIpc) is 2.97. The standard InChI is InChI=1S/C18H23N3O5/c1-4-24-14-5-7-15(8-6-14)25-10-9-19-17(22)12-26-18(23)16-11-20-21(3)13(16)2/h5-8,11H,4,9-10,12H2,1-3H3,(H,19,22). The highest BCUT2D eigenvalue weighted by Gasteiger charge is 2.15. The number of hydrogen-bond acceptors (Lipinski definition) is 6. The predicted molar refractivity (Wildman–Crippen MR) is 94.3 cm³/mol. The highest BCUT2D eigenvalue weighted by molar-refractivity contribution is 5.92. The minimum atomic E-state index is -0.573. The Labute approximate surface area is 152 Å². The van der Waals surface area contributed by atoms with Crippen LogP contribution < -0.4 is 14.8 Å². The van der Waals surface area contributed by atoms with Crippen molar-refractivity contribution in [2.24, 2.45) is 7.05 Å². The topological polar surface area (TPSA) is 91.7 Å². The first-order valence-corrected chi connectivity index (χ1v) is 8.29. The van der Waals surface area contributed by atoms with Gasteiger partial charge in [-0.05, 0) is 38.1 Å². The fraction of sp³-hybridized carbons (Fsp3) is 0.389. The molecule has 0 spiro atoms. The first kappa shape index (κ1) is 19.3. The molecule has 0 saturated carbocycles. The molecule has 0 aliphatic heterocycles. The van der Waals surface area contributed by atoms with Crippen molar-refractivity contribution in [1.82, 2.24) is 15.1 Å². The number of benzene rings is 1. The number of aromatic nitrogens is 2. The lowest BCUT2D eigenvalue weighted by Crippen LogP contribution is -2.32. The molecule has 2 aromatic rings. The maximum absolute atomic E-state index is 11.9. The molecule has 1 amide bonds. The Bertz CT molecular complexity index is 740. The number of ether oxygens (including phenoxy) is 3. The molecular formula is C18H23N3O5. The molecule has 26 heavy (non-hydrogen) atoms. The molecule has 1 aromatic heterocycles. The van der Waals surface area contributed by atoms with E-state index in [1.54, 1.807) is 30.8 Å². The van der Waals surface area contributed by atoms with E-state index in [0.29, 0.717) is 36.8 Å². The highest BCUT2D eigenvalue weighted by atomic mass is 16.5. The van der Waals surface area contributed by atoms with Gasteiger partial charge in [0.2, 0.25) is 0 Å². The minimum Gasteiger partial charge on any atom is -0.494 e. The number of carbonyl (C=O) groups is 2. The monoisotopic (exact) mass is 361 g/mol. The largest absolute Gasteiger partial charge is 0.494 e. The maximum atomic E-state index is 11.9. The SMILES string of the molecule is CCOc1ccc(OCCNC(=O)COC(=O)c2cnn(C)c2C)cc1. The maximum Gasteiger partial charge on any atom is 0.342 e. The number of aryl methyl sites for hydroxylation is 1. The molecule has 0 aliphatic carbocycles. The zero-order valence-electron chi connectivity index (χ0n) is 15.2. The second-order valence-electron chi connectivity index (χ2n) is 5.45. The number of amides is 1. The van der Waals surface area contributed by atoms with Crippen LogP contribution in [-0.4, -0.2) is 48.0 Å². The third-order valence-corrected chi connectivity index (χ3v) is 3.62. The Morgan fingerprint density at radius 2 is 1.81 bits per heavy atom. The van der Waals surface area contributed by atoms with E-state index in [1.807, 2.05) is 19.1 Å². The van der Waals surface area contributed by atoms with Gasteiger partial charge in [0.25, 0.3) is 5.91 Å². The third kappa shape index (κ3) is 5.51. The number of carbonyl (C=O) groups excluding carboxylic acids is 2. The molecule has 0 fully saturated rings. The van der Waals surface area contributed by atoms with E-state index in [-0.39, 0.29) is 6.61 Å². The molecule has 8 heteroatoms. The molecule has 0 radical (unpaired) electrons. The van der Waals surface area contributed by atoms with Crippen LogP contribution in [0.1, 0.15) is 23.0 Å². The van der Waals surface area contributed by atoms with Gasteiger partial charge in [-0.3, -0.25) is 9.48 Å². The summed E-state index contributed by atoms with van der Waals surface area (Å²) >= 11 is 0. The first-order chi connectivity index (χ1) is 12.5. The van der Waals surface area contributed by atoms with Crippen molar-refractivity contribution < 1.29 is 23.8 Å². The van der Waals surface area contributed by atoms with Gasteiger partial charge in [-0.15, -0.1) is 0 Å². The van der Waals surface area contributed by atoms with Crippen molar-refractivity contribution in [2.75, 3.05) is 26.4 Å². The van der Waals surface area contributed by atoms with E-state index in [4.69, 9.17) is 14.2 Å². The molecule has 140 valence electrons. The lowest BCUT2D eigenvalue weighted by atomic mass is 10.3. The van der Waals surface area contributed by atoms with Crippen LogP contribution in [0.4, 0.5) is 0 Å². The van der Waals surface area contributed by atoms with E-state index >= 15 is 0 Å². The molecule has 0 bridgehead atoms. The summed E-state index contributed by atoms with van der Waals surface area (Å²) < 4.78 is 17.4. The molecule has 1 N–H and O–H groups in total. The Hall–Kier alpha value is -3.03. The predicted octanol–water partition coefficient (Wildman–Crippen LogP) is 1.48. The normalized spacial score (nSPS) is 10.3. The number of rotatable bonds is 9. The molecule has 0 atom stereocenters. The first-order valence-electron chi connectivity index (χ1n) is 8.29. The fourth-order valence-corrected chi connectivity index (χ4v) is 2.12. The quantitative estimate of drug-likeness (QED) is 0.537. The van der Waals surface area contributed by atoms with Gasteiger partial charge in [0, 0.05) is 12.7 Å². The Morgan fingerprint density at radius 3 is 2.38 bits per heavy atom. The Balaban J connectivity index is 1.64. The molecule has 2 rings (SSSR count). The van der Waals surface area contributed by atoms with Gasteiger partial charge in [0.15, 0.2) is 6.61 Å². The molecular weight excluding hydrogens is 338 g/mol. The van der Waals surface area contributed by atoms with Gasteiger partial charge in [-0.1, -0.05) is 0 Å². The summed E-state index contributed by atoms with van der Waals surface area (Å²) in [6.07, 6.45) is 1.42. The lowest BCUT2D eigenvalue weighted by Gasteiger charge is -2.09. The molecule has 1 aromatic carbocycles. The third-order valence-electron chi connectivity index (χ3n) is 3.62. The van der Waals surface area contributed by atoms with E-state index in [9.17, 15) is 9.59 Å². The van der Waals surface area contributed by atoms with Gasteiger partial charge in [0.05, 0.1) is 19.3 Å². The van der Waals surface area contributed by atoms with Crippen LogP contribution in [0, 0.1) is 6.92 Å². The number of nitrogens with one attached hydrogen (secondary N) is 1. The molecule has 0 saturated heterocycles. The van der Waals surface area contributed by atoms with Crippen molar-refractivity contribution in [3.8, 4) is 11.5 Å². The summed E-state index contributed by atoms with van der Waals surface area (Å²) in [5, 5.41) is 6.58. The van der Waals surface area contributed by atoms with Crippen molar-refractivity contribution in [1.29, 1.82) is 0 Å². The van der Waals surface area contributed by atoms with Gasteiger partial charge < -0.3 is 19.5 Å². The summed E-state index contributed by atoms with van der Waals surface area (Å²) in [6, 6.07) is 7.23. The van der Waals surface area contributed by atoms with Crippen LogP contribution in [0.5, 0.6) is 11.5 Å². The Kier molecular flexibility index (Phi) is 7.02. The van der Waals surface area contributed by atoms with Crippen LogP contribution in [0.3, 0.4) is 0 Å². The number of nitrogens with zero attached hydrogens (tertiary/aromatic N) is 2. The van der Waals surface area contributed by atoms with Gasteiger partial charge in [0.1, 0.15) is 23.7 Å². The highest BCUT2D eigenvalue weighted by Crippen LogP contribution is 2.17. The molecule has 0 aliphatic rings. The van der Waals surface area contributed by atoms with Crippen LogP contribution in [0.25, 0.3) is 0 Å². The fourth-order valence-electron chi connectivity index (χ4n) is 2.12. The van der Waals surface area contributed by atoms with E-state index in [2.05, 4.69) is 10.4 Å². The van der Waals surface area contributed by atoms with E-state index in [0.717, 1.165) is 5.75 Å². The summed E-state index contributed by atoms with van der Waals surface area (Å²) in [4.78, 5) is 23.6. The summed E-state index contributed by atoms with van der Waals surface area (Å²) in [5.41, 5.74) is 1.03. The summed E-state index contributed by atoms with van der Waals surface area (Å²) in [7, 11) is 1.73. The summed E-state index contributed by atoms with van der Waals surface area (Å²) in [5.74, 6) is 0.492. The minimum absolute atomic E-state index is 0.301. The second kappa shape index (κ2) is 9.45. The average molecular weight is 361 g/mol. The number of hydrogen-bond donors (Lipinski definition) is 1. The molecule has 8 nitrogen and oxygen atoms in total. The second-order valence-corrected chi connectivity index (χ2v) is 5.45. The van der Waals surface area contributed by atoms with E-state index in [1.165, 1.54) is 6.20 Å². The van der Waals surface area contributed by atoms with Gasteiger partial charge in [-0.2, -0.15) is 5.10 Å². The summed E-state index contributed by atoms with van der Waals surface area (Å²) in [6.45, 7) is 4.53. The number of esters is 1. The van der Waals surface area contributed by atoms with Crippen LogP contribution in [-0.2, 0) is 16.6 Å². The Morgan fingerprint density at radius 1 is 1.15 bits per heavy atom. The van der Waals surface area contributed by atoms with Crippen LogP contribution in [0.2, 0.25) is 0 Å². The molecule has 0 unspecified atom stereocenters.